The van der Waals surface area contributed by atoms with Gasteiger partial charge in [-0.25, -0.2) is 4.98 Å². The maximum atomic E-state index is 9.43. The molecule has 3 rings (SSSR count). The molecule has 1 aliphatic rings. The molecule has 1 aliphatic carbocycles. The second-order valence-corrected chi connectivity index (χ2v) is 4.43. The van der Waals surface area contributed by atoms with E-state index in [0.29, 0.717) is 11.8 Å². The second kappa shape index (κ2) is 4.22. The fraction of sp³-hybridized carbons (Fsp3) is 0.308. The van der Waals surface area contributed by atoms with Crippen LogP contribution >= 0.6 is 0 Å². The first-order valence-electron chi connectivity index (χ1n) is 5.85. The van der Waals surface area contributed by atoms with Crippen LogP contribution in [0.25, 0.3) is 0 Å². The van der Waals surface area contributed by atoms with Crippen LogP contribution in [0.15, 0.2) is 30.7 Å². The van der Waals surface area contributed by atoms with Crippen molar-refractivity contribution in [1.29, 1.82) is 0 Å². The Morgan fingerprint density at radius 2 is 2.41 bits per heavy atom. The minimum absolute atomic E-state index is 0.359. The van der Waals surface area contributed by atoms with Crippen molar-refractivity contribution in [1.82, 2.24) is 15.3 Å². The lowest BCUT2D eigenvalue weighted by Gasteiger charge is -2.13. The first kappa shape index (κ1) is 10.4. The third kappa shape index (κ3) is 2.03. The Morgan fingerprint density at radius 1 is 1.47 bits per heavy atom. The summed E-state index contributed by atoms with van der Waals surface area (Å²) in [5, 5.41) is 12.9. The molecule has 2 aromatic rings. The van der Waals surface area contributed by atoms with Gasteiger partial charge in [0.05, 0.1) is 6.33 Å². The van der Waals surface area contributed by atoms with Crippen molar-refractivity contribution in [2.45, 2.75) is 25.4 Å². The lowest BCUT2D eigenvalue weighted by atomic mass is 10.1. The second-order valence-electron chi connectivity index (χ2n) is 4.43. The highest BCUT2D eigenvalue weighted by Gasteiger charge is 2.22. The highest BCUT2D eigenvalue weighted by atomic mass is 16.3. The van der Waals surface area contributed by atoms with E-state index in [9.17, 15) is 5.11 Å². The molecule has 0 saturated heterocycles. The maximum absolute atomic E-state index is 9.43. The number of nitrogens with one attached hydrogen (secondary N) is 2. The average Bonchev–Trinajstić information content (AvgIpc) is 2.94. The highest BCUT2D eigenvalue weighted by molar-refractivity contribution is 5.40. The summed E-state index contributed by atoms with van der Waals surface area (Å²) >= 11 is 0. The topological polar surface area (TPSA) is 60.9 Å². The summed E-state index contributed by atoms with van der Waals surface area (Å²) in [7, 11) is 0. The van der Waals surface area contributed by atoms with Crippen LogP contribution in [0.2, 0.25) is 0 Å². The fourth-order valence-corrected chi connectivity index (χ4v) is 2.43. The number of benzene rings is 1. The van der Waals surface area contributed by atoms with Crippen LogP contribution in [-0.4, -0.2) is 15.1 Å². The summed E-state index contributed by atoms with van der Waals surface area (Å²) in [5.74, 6) is 0.359. The van der Waals surface area contributed by atoms with Crippen LogP contribution in [-0.2, 0) is 13.0 Å². The fourth-order valence-electron chi connectivity index (χ4n) is 2.43. The Morgan fingerprint density at radius 3 is 3.24 bits per heavy atom. The molecule has 3 N–H and O–H groups in total. The molecule has 1 atom stereocenters. The summed E-state index contributed by atoms with van der Waals surface area (Å²) in [5.41, 5.74) is 3.66. The van der Waals surface area contributed by atoms with Crippen LogP contribution < -0.4 is 5.32 Å². The predicted molar refractivity (Wildman–Crippen MR) is 64.6 cm³/mol. The van der Waals surface area contributed by atoms with Gasteiger partial charge < -0.3 is 15.4 Å². The number of aromatic amines is 1. The molecule has 1 aromatic heterocycles. The summed E-state index contributed by atoms with van der Waals surface area (Å²) in [6, 6.07) is 6.03. The van der Waals surface area contributed by atoms with Crippen molar-refractivity contribution in [3.05, 3.63) is 47.5 Å². The van der Waals surface area contributed by atoms with E-state index in [4.69, 9.17) is 0 Å². The zero-order valence-electron chi connectivity index (χ0n) is 9.48. The number of H-pyrrole nitrogens is 1. The molecule has 17 heavy (non-hydrogen) atoms. The monoisotopic (exact) mass is 229 g/mol. The van der Waals surface area contributed by atoms with Crippen molar-refractivity contribution in [2.24, 2.45) is 0 Å². The van der Waals surface area contributed by atoms with Gasteiger partial charge in [-0.2, -0.15) is 0 Å². The molecule has 0 aliphatic heterocycles. The van der Waals surface area contributed by atoms with Crippen LogP contribution in [0.3, 0.4) is 0 Å². The molecule has 0 radical (unpaired) electrons. The van der Waals surface area contributed by atoms with Crippen molar-refractivity contribution in [3.63, 3.8) is 0 Å². The minimum Gasteiger partial charge on any atom is -0.508 e. The van der Waals surface area contributed by atoms with Gasteiger partial charge >= 0.3 is 0 Å². The lowest BCUT2D eigenvalue weighted by Crippen LogP contribution is -2.18. The van der Waals surface area contributed by atoms with Crippen LogP contribution in [0.5, 0.6) is 5.75 Å². The van der Waals surface area contributed by atoms with E-state index >= 15 is 0 Å². The van der Waals surface area contributed by atoms with E-state index in [0.717, 1.165) is 25.1 Å². The summed E-state index contributed by atoms with van der Waals surface area (Å²) < 4.78 is 0. The number of aryl methyl sites for hydroxylation is 1. The Bertz CT molecular complexity index is 507. The third-order valence-electron chi connectivity index (χ3n) is 3.30. The van der Waals surface area contributed by atoms with Crippen molar-refractivity contribution in [2.75, 3.05) is 0 Å². The van der Waals surface area contributed by atoms with Gasteiger partial charge in [-0.3, -0.25) is 0 Å². The molecular weight excluding hydrogens is 214 g/mol. The van der Waals surface area contributed by atoms with Crippen LogP contribution in [0, 0.1) is 0 Å². The molecule has 0 spiro atoms. The van der Waals surface area contributed by atoms with E-state index in [1.807, 2.05) is 18.3 Å². The summed E-state index contributed by atoms with van der Waals surface area (Å²) in [4.78, 5) is 7.08. The SMILES string of the molecule is Oc1ccc2c(c1)CCC2NCc1cnc[nH]1. The smallest absolute Gasteiger partial charge is 0.115 e. The van der Waals surface area contributed by atoms with Crippen LogP contribution in [0.1, 0.15) is 29.3 Å². The van der Waals surface area contributed by atoms with Crippen LogP contribution in [0.4, 0.5) is 0 Å². The molecule has 1 unspecified atom stereocenters. The predicted octanol–water partition coefficient (Wildman–Crippen LogP) is 1.89. The van der Waals surface area contributed by atoms with Crippen molar-refractivity contribution in [3.8, 4) is 5.75 Å². The summed E-state index contributed by atoms with van der Waals surface area (Å²) in [6.07, 6.45) is 5.65. The number of nitrogens with zero attached hydrogens (tertiary/aromatic N) is 1. The molecule has 4 heteroatoms. The highest BCUT2D eigenvalue weighted by Crippen LogP contribution is 2.33. The number of hydrogen-bond acceptors (Lipinski definition) is 3. The van der Waals surface area contributed by atoms with Gasteiger partial charge in [-0.1, -0.05) is 6.07 Å². The maximum Gasteiger partial charge on any atom is 0.115 e. The van der Waals surface area contributed by atoms with Gasteiger partial charge in [0.1, 0.15) is 5.75 Å². The molecule has 88 valence electrons. The molecule has 0 amide bonds. The van der Waals surface area contributed by atoms with E-state index in [1.54, 1.807) is 12.4 Å². The van der Waals surface area contributed by atoms with Gasteiger partial charge in [0, 0.05) is 24.5 Å². The number of phenols is 1. The Balaban J connectivity index is 1.71. The van der Waals surface area contributed by atoms with Gasteiger partial charge in [-0.15, -0.1) is 0 Å². The Kier molecular flexibility index (Phi) is 2.57. The average molecular weight is 229 g/mol. The number of fused-ring (bicyclic) bond motifs is 1. The Labute approximate surface area is 99.7 Å². The number of phenolic OH excluding ortho intramolecular Hbond substituents is 1. The molecule has 4 nitrogen and oxygen atoms in total. The quantitative estimate of drug-likeness (QED) is 0.753. The first-order valence-corrected chi connectivity index (χ1v) is 5.85. The minimum atomic E-state index is 0.359. The molecule has 1 heterocycles. The standard InChI is InChI=1S/C13H15N3O/c17-11-2-3-12-9(5-11)1-4-13(12)15-7-10-6-14-8-16-10/h2-3,5-6,8,13,15,17H,1,4,7H2,(H,14,16). The lowest BCUT2D eigenvalue weighted by molar-refractivity contribution is 0.474. The first-order chi connectivity index (χ1) is 8.33. The van der Waals surface area contributed by atoms with E-state index < -0.39 is 0 Å². The Hall–Kier alpha value is -1.81. The van der Waals surface area contributed by atoms with Gasteiger partial charge in [0.2, 0.25) is 0 Å². The van der Waals surface area contributed by atoms with Gasteiger partial charge in [0.15, 0.2) is 0 Å². The number of rotatable bonds is 3. The van der Waals surface area contributed by atoms with E-state index in [1.165, 1.54) is 11.1 Å². The third-order valence-corrected chi connectivity index (χ3v) is 3.30. The summed E-state index contributed by atoms with van der Waals surface area (Å²) in [6.45, 7) is 0.797. The molecule has 1 aromatic carbocycles. The van der Waals surface area contributed by atoms with Crippen molar-refractivity contribution < 1.29 is 5.11 Å². The molecular formula is C13H15N3O. The van der Waals surface area contributed by atoms with Crippen molar-refractivity contribution >= 4 is 0 Å². The molecule has 0 fully saturated rings. The number of aromatic nitrogens is 2. The zero-order valence-corrected chi connectivity index (χ0v) is 9.48. The van der Waals surface area contributed by atoms with E-state index in [2.05, 4.69) is 15.3 Å². The number of aromatic hydroxyl groups is 1. The number of imidazole rings is 1. The zero-order chi connectivity index (χ0) is 11.7. The number of hydrogen-bond donors (Lipinski definition) is 3. The van der Waals surface area contributed by atoms with Gasteiger partial charge in [0.25, 0.3) is 0 Å². The normalized spacial score (nSPS) is 18.2. The van der Waals surface area contributed by atoms with E-state index in [-0.39, 0.29) is 0 Å². The largest absolute Gasteiger partial charge is 0.508 e. The molecule has 0 saturated carbocycles. The van der Waals surface area contributed by atoms with Gasteiger partial charge in [-0.05, 0) is 36.1 Å². The molecule has 0 bridgehead atoms.